The van der Waals surface area contributed by atoms with Crippen molar-refractivity contribution in [2.24, 2.45) is 0 Å². The molecule has 1 amide bonds. The van der Waals surface area contributed by atoms with Crippen molar-refractivity contribution in [1.82, 2.24) is 10.3 Å². The molecule has 0 atom stereocenters. The van der Waals surface area contributed by atoms with Crippen molar-refractivity contribution in [3.8, 4) is 5.75 Å². The monoisotopic (exact) mass is 326 g/mol. The van der Waals surface area contributed by atoms with Crippen molar-refractivity contribution >= 4 is 5.91 Å². The van der Waals surface area contributed by atoms with E-state index >= 15 is 0 Å². The number of carbonyl (C=O) groups is 1. The summed E-state index contributed by atoms with van der Waals surface area (Å²) in [5.74, 6) is 0.396. The largest absolute Gasteiger partial charge is 0.496 e. The minimum atomic E-state index is -0.190. The molecule has 0 bridgehead atoms. The molecule has 0 saturated carbocycles. The summed E-state index contributed by atoms with van der Waals surface area (Å²) in [5, 5.41) is 2.88. The molecule has 0 spiro atoms. The van der Waals surface area contributed by atoms with Gasteiger partial charge in [-0.2, -0.15) is 0 Å². The normalized spacial score (nSPS) is 12.8. The molecule has 2 aromatic rings. The minimum Gasteiger partial charge on any atom is -0.496 e. The topological polar surface area (TPSA) is 71.2 Å². The predicted molar refractivity (Wildman–Crippen MR) is 92.7 cm³/mol. The van der Waals surface area contributed by atoms with Crippen LogP contribution < -0.4 is 15.6 Å². The minimum absolute atomic E-state index is 0.155. The van der Waals surface area contributed by atoms with Gasteiger partial charge in [0.2, 0.25) is 0 Å². The molecule has 0 radical (unpaired) electrons. The van der Waals surface area contributed by atoms with E-state index in [1.54, 1.807) is 7.11 Å². The Kier molecular flexibility index (Phi) is 4.42. The van der Waals surface area contributed by atoms with Gasteiger partial charge >= 0.3 is 0 Å². The second-order valence-corrected chi connectivity index (χ2v) is 6.26. The van der Waals surface area contributed by atoms with Crippen molar-refractivity contribution in [2.75, 3.05) is 7.11 Å². The number of rotatable bonds is 4. The van der Waals surface area contributed by atoms with Crippen LogP contribution in [0, 0.1) is 13.8 Å². The number of benzene rings is 1. The summed E-state index contributed by atoms with van der Waals surface area (Å²) in [7, 11) is 1.57. The molecule has 0 unspecified atom stereocenters. The average molecular weight is 326 g/mol. The second kappa shape index (κ2) is 6.51. The van der Waals surface area contributed by atoms with Crippen LogP contribution in [-0.4, -0.2) is 18.0 Å². The number of amides is 1. The second-order valence-electron chi connectivity index (χ2n) is 6.26. The molecule has 1 aromatic heterocycles. The van der Waals surface area contributed by atoms with Crippen molar-refractivity contribution < 1.29 is 9.53 Å². The zero-order valence-electron chi connectivity index (χ0n) is 14.3. The first-order valence-corrected chi connectivity index (χ1v) is 8.17. The van der Waals surface area contributed by atoms with E-state index in [0.29, 0.717) is 16.9 Å². The van der Waals surface area contributed by atoms with E-state index < -0.39 is 0 Å². The van der Waals surface area contributed by atoms with E-state index in [9.17, 15) is 9.59 Å². The van der Waals surface area contributed by atoms with Crippen LogP contribution in [0.3, 0.4) is 0 Å². The molecule has 1 heterocycles. The highest BCUT2D eigenvalue weighted by molar-refractivity contribution is 5.99. The number of nitrogens with one attached hydrogen (secondary N) is 2. The number of aromatic nitrogens is 1. The number of aromatic amines is 1. The van der Waals surface area contributed by atoms with Crippen LogP contribution in [0.1, 0.15) is 44.7 Å². The molecule has 0 fully saturated rings. The summed E-state index contributed by atoms with van der Waals surface area (Å²) >= 11 is 0. The molecule has 1 aliphatic rings. The molecular formula is C19H22N2O3. The van der Waals surface area contributed by atoms with Gasteiger partial charge in [0, 0.05) is 17.8 Å². The zero-order valence-corrected chi connectivity index (χ0v) is 14.3. The van der Waals surface area contributed by atoms with E-state index in [1.165, 1.54) is 5.56 Å². The summed E-state index contributed by atoms with van der Waals surface area (Å²) < 4.78 is 5.38. The Labute approximate surface area is 141 Å². The number of ether oxygens (including phenoxy) is 1. The third-order valence-electron chi connectivity index (χ3n) is 4.61. The smallest absolute Gasteiger partial charge is 0.255 e. The Morgan fingerprint density at radius 3 is 2.79 bits per heavy atom. The van der Waals surface area contributed by atoms with Crippen molar-refractivity contribution in [3.05, 3.63) is 62.1 Å². The van der Waals surface area contributed by atoms with E-state index in [0.717, 1.165) is 36.1 Å². The van der Waals surface area contributed by atoms with Crippen molar-refractivity contribution in [2.45, 2.75) is 39.7 Å². The Morgan fingerprint density at radius 1 is 1.29 bits per heavy atom. The number of H-pyrrole nitrogens is 1. The molecule has 24 heavy (non-hydrogen) atoms. The van der Waals surface area contributed by atoms with Crippen LogP contribution in [0.2, 0.25) is 0 Å². The average Bonchev–Trinajstić information content (AvgIpc) is 3.00. The lowest BCUT2D eigenvalue weighted by atomic mass is 10.0. The Morgan fingerprint density at radius 2 is 2.08 bits per heavy atom. The molecule has 5 nitrogen and oxygen atoms in total. The van der Waals surface area contributed by atoms with Gasteiger partial charge in [-0.05, 0) is 61.9 Å². The van der Waals surface area contributed by atoms with E-state index in [-0.39, 0.29) is 18.0 Å². The number of aryl methyl sites for hydroxylation is 3. The van der Waals surface area contributed by atoms with E-state index in [4.69, 9.17) is 4.74 Å². The third kappa shape index (κ3) is 2.94. The quantitative estimate of drug-likeness (QED) is 0.906. The molecule has 0 saturated heterocycles. The van der Waals surface area contributed by atoms with Gasteiger partial charge in [-0.15, -0.1) is 0 Å². The Bertz CT molecular complexity index is 852. The van der Waals surface area contributed by atoms with Crippen LogP contribution in [0.15, 0.2) is 23.0 Å². The first-order chi connectivity index (χ1) is 11.5. The molecule has 1 aliphatic carbocycles. The fraction of sp³-hybridized carbons (Fsp3) is 0.368. The van der Waals surface area contributed by atoms with Gasteiger partial charge in [0.15, 0.2) is 0 Å². The SMILES string of the molecule is COc1ccc2c(c1C(=O)NCc1c(C)cc(C)[nH]c1=O)CCC2. The number of pyridine rings is 1. The van der Waals surface area contributed by atoms with Gasteiger partial charge in [0.05, 0.1) is 12.7 Å². The van der Waals surface area contributed by atoms with Gasteiger partial charge < -0.3 is 15.0 Å². The fourth-order valence-electron chi connectivity index (χ4n) is 3.42. The summed E-state index contributed by atoms with van der Waals surface area (Å²) in [6.45, 7) is 3.92. The van der Waals surface area contributed by atoms with Gasteiger partial charge in [-0.25, -0.2) is 0 Å². The fourth-order valence-corrected chi connectivity index (χ4v) is 3.42. The molecule has 126 valence electrons. The lowest BCUT2D eigenvalue weighted by molar-refractivity contribution is 0.0947. The third-order valence-corrected chi connectivity index (χ3v) is 4.61. The van der Waals surface area contributed by atoms with Gasteiger partial charge in [0.25, 0.3) is 11.5 Å². The Hall–Kier alpha value is -2.56. The highest BCUT2D eigenvalue weighted by atomic mass is 16.5. The predicted octanol–water partition coefficient (Wildman–Crippen LogP) is 2.42. The van der Waals surface area contributed by atoms with Gasteiger partial charge in [-0.3, -0.25) is 9.59 Å². The van der Waals surface area contributed by atoms with E-state index in [2.05, 4.69) is 10.3 Å². The summed E-state index contributed by atoms with van der Waals surface area (Å²) in [6.07, 6.45) is 2.94. The van der Waals surface area contributed by atoms with Crippen LogP contribution >= 0.6 is 0 Å². The highest BCUT2D eigenvalue weighted by Gasteiger charge is 2.23. The maximum atomic E-state index is 12.7. The molecule has 5 heteroatoms. The number of hydrogen-bond donors (Lipinski definition) is 2. The first-order valence-electron chi connectivity index (χ1n) is 8.17. The zero-order chi connectivity index (χ0) is 17.3. The molecular weight excluding hydrogens is 304 g/mol. The van der Waals surface area contributed by atoms with Crippen LogP contribution in [0.25, 0.3) is 0 Å². The van der Waals surface area contributed by atoms with Gasteiger partial charge in [0.1, 0.15) is 5.75 Å². The lowest BCUT2D eigenvalue weighted by Crippen LogP contribution is -2.29. The number of hydrogen-bond acceptors (Lipinski definition) is 3. The van der Waals surface area contributed by atoms with E-state index in [1.807, 2.05) is 32.0 Å². The van der Waals surface area contributed by atoms with Crippen LogP contribution in [0.4, 0.5) is 0 Å². The number of methoxy groups -OCH3 is 1. The number of fused-ring (bicyclic) bond motifs is 1. The van der Waals surface area contributed by atoms with Crippen molar-refractivity contribution in [3.63, 3.8) is 0 Å². The van der Waals surface area contributed by atoms with Crippen LogP contribution in [-0.2, 0) is 19.4 Å². The maximum absolute atomic E-state index is 12.7. The molecule has 3 rings (SSSR count). The highest BCUT2D eigenvalue weighted by Crippen LogP contribution is 2.31. The van der Waals surface area contributed by atoms with Crippen LogP contribution in [0.5, 0.6) is 5.75 Å². The standard InChI is InChI=1S/C19H22N2O3/c1-11-9-12(2)21-18(22)15(11)10-20-19(23)17-14-6-4-5-13(14)7-8-16(17)24-3/h7-9H,4-6,10H2,1-3H3,(H,20,23)(H,21,22). The summed E-state index contributed by atoms with van der Waals surface area (Å²) in [4.78, 5) is 27.6. The van der Waals surface area contributed by atoms with Crippen molar-refractivity contribution in [1.29, 1.82) is 0 Å². The first kappa shape index (κ1) is 16.3. The number of carbonyl (C=O) groups excluding carboxylic acids is 1. The molecule has 2 N–H and O–H groups in total. The summed E-state index contributed by atoms with van der Waals surface area (Å²) in [5.41, 5.74) is 5.01. The summed E-state index contributed by atoms with van der Waals surface area (Å²) in [6, 6.07) is 5.79. The van der Waals surface area contributed by atoms with Gasteiger partial charge in [-0.1, -0.05) is 6.07 Å². The maximum Gasteiger partial charge on any atom is 0.255 e. The lowest BCUT2D eigenvalue weighted by Gasteiger charge is -2.14. The molecule has 1 aromatic carbocycles. The molecule has 0 aliphatic heterocycles. The Balaban J connectivity index is 1.87.